The first-order valence-electron chi connectivity index (χ1n) is 9.93. The van der Waals surface area contributed by atoms with Crippen molar-refractivity contribution in [2.75, 3.05) is 11.5 Å². The van der Waals surface area contributed by atoms with Gasteiger partial charge >= 0.3 is 0 Å². The number of nitrogens with zero attached hydrogens (tertiary/aromatic N) is 1. The van der Waals surface area contributed by atoms with E-state index < -0.39 is 27.8 Å². The lowest BCUT2D eigenvalue weighted by molar-refractivity contribution is -0.132. The molecule has 10 heteroatoms. The third-order valence-corrected chi connectivity index (χ3v) is 6.99. The maximum atomic E-state index is 13.1. The van der Waals surface area contributed by atoms with Gasteiger partial charge in [-0.15, -0.1) is 11.3 Å². The second-order valence-electron chi connectivity index (χ2n) is 7.18. The summed E-state index contributed by atoms with van der Waals surface area (Å²) in [6.07, 6.45) is 0. The number of aliphatic hydroxyl groups is 1. The van der Waals surface area contributed by atoms with E-state index in [1.165, 1.54) is 40.5 Å². The van der Waals surface area contributed by atoms with Gasteiger partial charge < -0.3 is 9.84 Å². The summed E-state index contributed by atoms with van der Waals surface area (Å²) < 4.78 is 28.6. The highest BCUT2D eigenvalue weighted by Crippen LogP contribution is 2.43. The number of aliphatic hydroxyl groups excluding tert-OH is 1. The van der Waals surface area contributed by atoms with Crippen molar-refractivity contribution in [3.05, 3.63) is 82.1 Å². The summed E-state index contributed by atoms with van der Waals surface area (Å²) in [5.74, 6) is -1.36. The molecule has 0 aliphatic carbocycles. The highest BCUT2D eigenvalue weighted by molar-refractivity contribution is 7.89. The lowest BCUT2D eigenvalue weighted by Gasteiger charge is -2.24. The van der Waals surface area contributed by atoms with E-state index in [-0.39, 0.29) is 16.2 Å². The molecule has 3 N–H and O–H groups in total. The Morgan fingerprint density at radius 1 is 1.09 bits per heavy atom. The Hall–Kier alpha value is -3.47. The van der Waals surface area contributed by atoms with Crippen molar-refractivity contribution >= 4 is 44.5 Å². The molecule has 1 amide bonds. The molecule has 1 aromatic heterocycles. The summed E-state index contributed by atoms with van der Waals surface area (Å²) in [6, 6.07) is 14.6. The minimum atomic E-state index is -3.92. The van der Waals surface area contributed by atoms with Crippen LogP contribution in [-0.2, 0) is 19.6 Å². The van der Waals surface area contributed by atoms with Crippen LogP contribution in [0.25, 0.3) is 5.76 Å². The van der Waals surface area contributed by atoms with E-state index >= 15 is 0 Å². The second-order valence-corrected chi connectivity index (χ2v) is 9.72. The van der Waals surface area contributed by atoms with Gasteiger partial charge in [-0.1, -0.05) is 6.07 Å². The summed E-state index contributed by atoms with van der Waals surface area (Å²) in [5, 5.41) is 18.0. The number of primary sulfonamides is 1. The number of anilines is 1. The van der Waals surface area contributed by atoms with Crippen LogP contribution in [0.5, 0.6) is 5.75 Å². The van der Waals surface area contributed by atoms with Crippen LogP contribution < -0.4 is 14.8 Å². The number of carbonyl (C=O) groups is 2. The predicted molar refractivity (Wildman–Crippen MR) is 125 cm³/mol. The number of hydrogen-bond donors (Lipinski definition) is 2. The molecule has 2 heterocycles. The molecule has 1 fully saturated rings. The van der Waals surface area contributed by atoms with Gasteiger partial charge in [-0.2, -0.15) is 0 Å². The molecule has 0 saturated carbocycles. The van der Waals surface area contributed by atoms with Crippen LogP contribution in [0, 0.1) is 0 Å². The van der Waals surface area contributed by atoms with E-state index in [1.807, 2.05) is 6.92 Å². The number of ether oxygens (including phenoxy) is 1. The Balaban J connectivity index is 1.83. The van der Waals surface area contributed by atoms with E-state index in [0.29, 0.717) is 28.5 Å². The molecule has 4 rings (SSSR count). The van der Waals surface area contributed by atoms with Crippen LogP contribution in [0.1, 0.15) is 23.4 Å². The summed E-state index contributed by atoms with van der Waals surface area (Å²) in [6.45, 7) is 2.34. The van der Waals surface area contributed by atoms with Crippen molar-refractivity contribution in [2.45, 2.75) is 17.9 Å². The summed E-state index contributed by atoms with van der Waals surface area (Å²) >= 11 is 1.33. The van der Waals surface area contributed by atoms with E-state index in [4.69, 9.17) is 9.88 Å². The molecule has 1 unspecified atom stereocenters. The van der Waals surface area contributed by atoms with E-state index in [1.54, 1.807) is 41.8 Å². The van der Waals surface area contributed by atoms with Gasteiger partial charge in [0, 0.05) is 16.1 Å². The zero-order valence-corrected chi connectivity index (χ0v) is 19.1. The van der Waals surface area contributed by atoms with Crippen molar-refractivity contribution in [1.82, 2.24) is 0 Å². The van der Waals surface area contributed by atoms with Gasteiger partial charge in [0.1, 0.15) is 17.6 Å². The topological polar surface area (TPSA) is 127 Å². The molecule has 1 aliphatic rings. The fourth-order valence-electron chi connectivity index (χ4n) is 3.64. The number of hydrogen-bond acceptors (Lipinski definition) is 7. The number of benzene rings is 2. The predicted octanol–water partition coefficient (Wildman–Crippen LogP) is 3.42. The maximum Gasteiger partial charge on any atom is 0.300 e. The molecule has 170 valence electrons. The monoisotopic (exact) mass is 484 g/mol. The van der Waals surface area contributed by atoms with Gasteiger partial charge in [0.15, 0.2) is 0 Å². The first-order chi connectivity index (χ1) is 15.7. The highest BCUT2D eigenvalue weighted by Gasteiger charge is 2.47. The number of carbonyl (C=O) groups excluding carboxylic acids is 2. The fourth-order valence-corrected chi connectivity index (χ4v) is 4.98. The highest BCUT2D eigenvalue weighted by atomic mass is 32.2. The Bertz CT molecular complexity index is 1330. The van der Waals surface area contributed by atoms with Gasteiger partial charge in [-0.3, -0.25) is 14.5 Å². The Labute approximate surface area is 194 Å². The maximum absolute atomic E-state index is 13.1. The number of rotatable bonds is 6. The average Bonchev–Trinajstić information content (AvgIpc) is 3.41. The van der Waals surface area contributed by atoms with Crippen LogP contribution in [0.3, 0.4) is 0 Å². The molecule has 0 spiro atoms. The van der Waals surface area contributed by atoms with E-state index in [9.17, 15) is 23.1 Å². The molecule has 8 nitrogen and oxygen atoms in total. The van der Waals surface area contributed by atoms with Crippen LogP contribution in [-0.4, -0.2) is 31.8 Å². The summed E-state index contributed by atoms with van der Waals surface area (Å²) in [7, 11) is -3.92. The Morgan fingerprint density at radius 2 is 1.76 bits per heavy atom. The molecule has 3 aromatic rings. The number of nitrogens with two attached hydrogens (primary N) is 1. The Kier molecular flexibility index (Phi) is 6.07. The third kappa shape index (κ3) is 4.28. The molecular weight excluding hydrogens is 464 g/mol. The van der Waals surface area contributed by atoms with Gasteiger partial charge in [-0.05, 0) is 66.9 Å². The largest absolute Gasteiger partial charge is 0.507 e. The van der Waals surface area contributed by atoms with E-state index in [2.05, 4.69) is 0 Å². The van der Waals surface area contributed by atoms with Gasteiger partial charge in [0.25, 0.3) is 11.7 Å². The normalized spacial score (nSPS) is 18.0. The first-order valence-corrected chi connectivity index (χ1v) is 12.4. The summed E-state index contributed by atoms with van der Waals surface area (Å²) in [5.41, 5.74) is 0.610. The molecule has 2 aromatic carbocycles. The van der Waals surface area contributed by atoms with Crippen LogP contribution in [0.15, 0.2) is 76.5 Å². The number of thiophene rings is 1. The first kappa shape index (κ1) is 22.7. The van der Waals surface area contributed by atoms with Gasteiger partial charge in [0.05, 0.1) is 17.1 Å². The number of Topliss-reactive ketones (excluding diaryl/α,β-unsaturated/α-hetero) is 1. The molecule has 0 radical (unpaired) electrons. The smallest absolute Gasteiger partial charge is 0.300 e. The Morgan fingerprint density at radius 3 is 2.30 bits per heavy atom. The molecule has 0 bridgehead atoms. The van der Waals surface area contributed by atoms with Crippen molar-refractivity contribution in [3.8, 4) is 5.75 Å². The lowest BCUT2D eigenvalue weighted by atomic mass is 9.99. The van der Waals surface area contributed by atoms with Crippen molar-refractivity contribution in [2.24, 2.45) is 5.14 Å². The minimum absolute atomic E-state index is 0.0536. The number of amides is 1. The quantitative estimate of drug-likeness (QED) is 0.314. The SMILES string of the molecule is CCOc1ccc(/C(O)=C2/C(=O)C(=O)N(c3ccc(S(N)(=O)=O)cc3)C2c2cccs2)cc1. The minimum Gasteiger partial charge on any atom is -0.507 e. The second kappa shape index (κ2) is 8.81. The third-order valence-electron chi connectivity index (χ3n) is 5.14. The molecular formula is C23H20N2O6S2. The van der Waals surface area contributed by atoms with Crippen molar-refractivity contribution < 1.29 is 27.9 Å². The van der Waals surface area contributed by atoms with Crippen LogP contribution in [0.2, 0.25) is 0 Å². The molecule has 33 heavy (non-hydrogen) atoms. The zero-order chi connectivity index (χ0) is 23.8. The van der Waals surface area contributed by atoms with Crippen LogP contribution >= 0.6 is 11.3 Å². The lowest BCUT2D eigenvalue weighted by Crippen LogP contribution is -2.29. The summed E-state index contributed by atoms with van der Waals surface area (Å²) in [4.78, 5) is 27.9. The van der Waals surface area contributed by atoms with Crippen molar-refractivity contribution in [3.63, 3.8) is 0 Å². The van der Waals surface area contributed by atoms with E-state index in [0.717, 1.165) is 0 Å². The number of sulfonamides is 1. The van der Waals surface area contributed by atoms with Crippen LogP contribution in [0.4, 0.5) is 5.69 Å². The average molecular weight is 485 g/mol. The number of ketones is 1. The van der Waals surface area contributed by atoms with Gasteiger partial charge in [-0.25, -0.2) is 13.6 Å². The van der Waals surface area contributed by atoms with Gasteiger partial charge in [0.2, 0.25) is 10.0 Å². The zero-order valence-electron chi connectivity index (χ0n) is 17.5. The molecule has 1 saturated heterocycles. The standard InChI is InChI=1S/C23H20N2O6S2/c1-2-31-16-9-5-14(6-10-16)21(26)19-20(18-4-3-13-32-18)25(23(28)22(19)27)15-7-11-17(12-8-15)33(24,29)30/h3-13,20,26H,2H2,1H3,(H2,24,29,30)/b21-19-. The van der Waals surface area contributed by atoms with Crippen molar-refractivity contribution in [1.29, 1.82) is 0 Å². The molecule has 1 aliphatic heterocycles. The molecule has 1 atom stereocenters. The fraction of sp³-hybridized carbons (Fsp3) is 0.130.